The monoisotopic (exact) mass is 456 g/mol. The number of aryl methyl sites for hydroxylation is 2. The number of nitrogens with one attached hydrogen (secondary N) is 1. The Balaban J connectivity index is 1.59. The maximum atomic E-state index is 12.4. The largest absolute Gasteiger partial charge is 0.496 e. The van der Waals surface area contributed by atoms with Gasteiger partial charge in [-0.15, -0.1) is 0 Å². The maximum absolute atomic E-state index is 12.4. The highest BCUT2D eigenvalue weighted by Crippen LogP contribution is 2.25. The van der Waals surface area contributed by atoms with Crippen molar-refractivity contribution in [2.45, 2.75) is 31.2 Å². The third-order valence-electron chi connectivity index (χ3n) is 5.18. The van der Waals surface area contributed by atoms with Crippen LogP contribution in [-0.2, 0) is 27.8 Å². The number of methoxy groups -OCH3 is 1. The average molecular weight is 457 g/mol. The molecule has 32 heavy (non-hydrogen) atoms. The van der Waals surface area contributed by atoms with Crippen LogP contribution >= 0.6 is 0 Å². The van der Waals surface area contributed by atoms with Crippen LogP contribution < -0.4 is 10.1 Å². The van der Waals surface area contributed by atoms with E-state index in [2.05, 4.69) is 10.3 Å². The highest BCUT2D eigenvalue weighted by atomic mass is 32.2. The van der Waals surface area contributed by atoms with Gasteiger partial charge in [0.15, 0.2) is 0 Å². The standard InChI is InChI=1S/C23H28N4O4S/c1-17-24-13-14-27(17)20-8-5-18(6-9-20)16-25-23(28)12-7-19-15-21(10-11-22(19)31-4)32(29,30)26(2)3/h5-6,8-11,13-15H,7,12,16H2,1-4H3,(H,25,28). The molecule has 8 nitrogen and oxygen atoms in total. The molecule has 0 radical (unpaired) electrons. The fraction of sp³-hybridized carbons (Fsp3) is 0.304. The number of benzene rings is 2. The molecule has 1 aromatic heterocycles. The molecule has 0 fully saturated rings. The Hall–Kier alpha value is -3.17. The molecule has 0 aliphatic rings. The molecule has 0 saturated heterocycles. The number of sulfonamides is 1. The van der Waals surface area contributed by atoms with Crippen molar-refractivity contribution in [2.75, 3.05) is 21.2 Å². The zero-order chi connectivity index (χ0) is 23.3. The lowest BCUT2D eigenvalue weighted by molar-refractivity contribution is -0.121. The normalized spacial score (nSPS) is 11.5. The van der Waals surface area contributed by atoms with Crippen molar-refractivity contribution < 1.29 is 17.9 Å². The zero-order valence-corrected chi connectivity index (χ0v) is 19.5. The van der Waals surface area contributed by atoms with Crippen LogP contribution in [0, 0.1) is 6.92 Å². The van der Waals surface area contributed by atoms with Gasteiger partial charge in [0.2, 0.25) is 15.9 Å². The van der Waals surface area contributed by atoms with Gasteiger partial charge in [0.1, 0.15) is 11.6 Å². The summed E-state index contributed by atoms with van der Waals surface area (Å²) in [5.74, 6) is 1.34. The summed E-state index contributed by atoms with van der Waals surface area (Å²) in [5.41, 5.74) is 2.66. The summed E-state index contributed by atoms with van der Waals surface area (Å²) in [4.78, 5) is 16.8. The number of hydrogen-bond donors (Lipinski definition) is 1. The molecule has 0 bridgehead atoms. The molecule has 9 heteroatoms. The van der Waals surface area contributed by atoms with Crippen molar-refractivity contribution in [3.63, 3.8) is 0 Å². The third kappa shape index (κ3) is 5.35. The quantitative estimate of drug-likeness (QED) is 0.534. The first-order valence-electron chi connectivity index (χ1n) is 10.2. The Bertz CT molecular complexity index is 1180. The highest BCUT2D eigenvalue weighted by molar-refractivity contribution is 7.89. The predicted molar refractivity (Wildman–Crippen MR) is 122 cm³/mol. The minimum Gasteiger partial charge on any atom is -0.496 e. The van der Waals surface area contributed by atoms with Gasteiger partial charge in [-0.25, -0.2) is 17.7 Å². The van der Waals surface area contributed by atoms with Crippen molar-refractivity contribution in [3.05, 3.63) is 71.8 Å². The van der Waals surface area contributed by atoms with Gasteiger partial charge in [-0.05, 0) is 54.8 Å². The van der Waals surface area contributed by atoms with Crippen LogP contribution in [0.15, 0.2) is 59.8 Å². The molecule has 0 aliphatic heterocycles. The average Bonchev–Trinajstić information content (AvgIpc) is 3.22. The molecule has 3 rings (SSSR count). The predicted octanol–water partition coefficient (Wildman–Crippen LogP) is 2.69. The van der Waals surface area contributed by atoms with E-state index in [1.165, 1.54) is 27.3 Å². The van der Waals surface area contributed by atoms with E-state index in [-0.39, 0.29) is 17.2 Å². The fourth-order valence-electron chi connectivity index (χ4n) is 3.28. The Morgan fingerprint density at radius 3 is 2.47 bits per heavy atom. The first-order valence-corrected chi connectivity index (χ1v) is 11.6. The highest BCUT2D eigenvalue weighted by Gasteiger charge is 2.19. The van der Waals surface area contributed by atoms with E-state index >= 15 is 0 Å². The number of aromatic nitrogens is 2. The third-order valence-corrected chi connectivity index (χ3v) is 6.99. The smallest absolute Gasteiger partial charge is 0.242 e. The summed E-state index contributed by atoms with van der Waals surface area (Å²) in [5, 5.41) is 2.91. The number of imidazole rings is 1. The molecular weight excluding hydrogens is 428 g/mol. The lowest BCUT2D eigenvalue weighted by Crippen LogP contribution is -2.23. The summed E-state index contributed by atoms with van der Waals surface area (Å²) in [6.45, 7) is 2.35. The summed E-state index contributed by atoms with van der Waals surface area (Å²) >= 11 is 0. The summed E-state index contributed by atoms with van der Waals surface area (Å²) in [7, 11) is 0.925. The number of hydrogen-bond acceptors (Lipinski definition) is 5. The second kappa shape index (κ2) is 9.97. The van der Waals surface area contributed by atoms with Crippen LogP contribution in [-0.4, -0.2) is 49.4 Å². The van der Waals surface area contributed by atoms with Crippen molar-refractivity contribution in [1.82, 2.24) is 19.2 Å². The number of rotatable bonds is 9. The number of nitrogens with zero attached hydrogens (tertiary/aromatic N) is 3. The molecule has 1 heterocycles. The Labute approximate surface area is 188 Å². The Morgan fingerprint density at radius 2 is 1.88 bits per heavy atom. The minimum atomic E-state index is -3.56. The topological polar surface area (TPSA) is 93.5 Å². The van der Waals surface area contributed by atoms with Gasteiger partial charge in [0, 0.05) is 45.1 Å². The van der Waals surface area contributed by atoms with Crippen LogP contribution in [0.25, 0.3) is 5.69 Å². The molecular formula is C23H28N4O4S. The van der Waals surface area contributed by atoms with Gasteiger partial charge < -0.3 is 14.6 Å². The fourth-order valence-corrected chi connectivity index (χ4v) is 4.24. The number of ether oxygens (including phenoxy) is 1. The van der Waals surface area contributed by atoms with Gasteiger partial charge in [0.05, 0.1) is 12.0 Å². The Kier molecular flexibility index (Phi) is 7.32. The first-order chi connectivity index (χ1) is 15.2. The molecule has 1 N–H and O–H groups in total. The Morgan fingerprint density at radius 1 is 1.16 bits per heavy atom. The van der Waals surface area contributed by atoms with E-state index in [0.717, 1.165) is 21.4 Å². The molecule has 3 aromatic rings. The van der Waals surface area contributed by atoms with Crippen LogP contribution in [0.5, 0.6) is 5.75 Å². The van der Waals surface area contributed by atoms with Crippen LogP contribution in [0.4, 0.5) is 0 Å². The van der Waals surface area contributed by atoms with Crippen LogP contribution in [0.2, 0.25) is 0 Å². The second-order valence-electron chi connectivity index (χ2n) is 7.55. The van der Waals surface area contributed by atoms with Crippen molar-refractivity contribution >= 4 is 15.9 Å². The van der Waals surface area contributed by atoms with Gasteiger partial charge >= 0.3 is 0 Å². The summed E-state index contributed by atoms with van der Waals surface area (Å²) in [6.07, 6.45) is 4.24. The molecule has 0 spiro atoms. The summed E-state index contributed by atoms with van der Waals surface area (Å²) in [6, 6.07) is 12.6. The number of carbonyl (C=O) groups excluding carboxylic acids is 1. The van der Waals surface area contributed by atoms with Crippen LogP contribution in [0.3, 0.4) is 0 Å². The van der Waals surface area contributed by atoms with E-state index in [1.807, 2.05) is 42.0 Å². The first kappa shape index (κ1) is 23.5. The van der Waals surface area contributed by atoms with Crippen molar-refractivity contribution in [3.8, 4) is 11.4 Å². The number of carbonyl (C=O) groups is 1. The maximum Gasteiger partial charge on any atom is 0.242 e. The summed E-state index contributed by atoms with van der Waals surface area (Å²) < 4.78 is 33.3. The van der Waals surface area contributed by atoms with Crippen molar-refractivity contribution in [2.24, 2.45) is 0 Å². The molecule has 2 aromatic carbocycles. The molecule has 0 aliphatic carbocycles. The molecule has 1 amide bonds. The van der Waals surface area contributed by atoms with E-state index in [1.54, 1.807) is 18.3 Å². The van der Waals surface area contributed by atoms with Crippen molar-refractivity contribution in [1.29, 1.82) is 0 Å². The van der Waals surface area contributed by atoms with Gasteiger partial charge in [-0.2, -0.15) is 0 Å². The minimum absolute atomic E-state index is 0.123. The SMILES string of the molecule is COc1ccc(S(=O)(=O)N(C)C)cc1CCC(=O)NCc1ccc(-n2ccnc2C)cc1. The van der Waals surface area contributed by atoms with E-state index < -0.39 is 10.0 Å². The number of amides is 1. The van der Waals surface area contributed by atoms with E-state index in [4.69, 9.17) is 4.74 Å². The molecule has 0 unspecified atom stereocenters. The van der Waals surface area contributed by atoms with Gasteiger partial charge in [-0.1, -0.05) is 12.1 Å². The van der Waals surface area contributed by atoms with E-state index in [9.17, 15) is 13.2 Å². The zero-order valence-electron chi connectivity index (χ0n) is 18.7. The lowest BCUT2D eigenvalue weighted by Gasteiger charge is -2.14. The second-order valence-corrected chi connectivity index (χ2v) is 9.70. The molecule has 0 atom stereocenters. The van der Waals surface area contributed by atoms with Crippen LogP contribution in [0.1, 0.15) is 23.4 Å². The molecule has 170 valence electrons. The molecule has 0 saturated carbocycles. The lowest BCUT2D eigenvalue weighted by atomic mass is 10.1. The van der Waals surface area contributed by atoms with Gasteiger partial charge in [0.25, 0.3) is 0 Å². The van der Waals surface area contributed by atoms with E-state index in [0.29, 0.717) is 24.3 Å². The van der Waals surface area contributed by atoms with Gasteiger partial charge in [-0.3, -0.25) is 4.79 Å².